The molecule has 0 heterocycles. The van der Waals surface area contributed by atoms with Crippen molar-refractivity contribution >= 4 is 103 Å². The molecule has 0 aromatic heterocycles. The zero-order valence-electron chi connectivity index (χ0n) is 88.6. The van der Waals surface area contributed by atoms with Gasteiger partial charge in [0.25, 0.3) is 30.4 Å². The molecule has 0 amide bonds. The third-order valence-electron chi connectivity index (χ3n) is 19.0. The minimum Gasteiger partial charge on any atom is -0.508 e. The summed E-state index contributed by atoms with van der Waals surface area (Å²) in [4.78, 5) is 51.7. The van der Waals surface area contributed by atoms with Gasteiger partial charge in [-0.2, -0.15) is 25.3 Å². The van der Waals surface area contributed by atoms with Gasteiger partial charge in [0, 0.05) is 16.2 Å². The van der Waals surface area contributed by atoms with Gasteiger partial charge in [-0.25, -0.2) is 24.0 Å². The van der Waals surface area contributed by atoms with Gasteiger partial charge in [-0.15, -0.1) is 0 Å². The summed E-state index contributed by atoms with van der Waals surface area (Å²) in [7, 11) is -12.6. The van der Waals surface area contributed by atoms with E-state index in [4.69, 9.17) is 77.8 Å². The fourth-order valence-electron chi connectivity index (χ4n) is 11.8. The standard InChI is InChI=1S/C15H22O3.4C11H14O3.2C10H8O4S.2C10H8O2.C6H6O4S.5C2H6/c1-11(2)12-6-8-13(9-7-12)17-10-14(16)18-15(3,4)5;3*1-8(2)9-3-5-10(6-4-9)14-7-11(12)13;1-8(2)9-4-3-5-10(6-9)14-7-11(12)13;11-9-3-1-7-2-4-10(15(12,13)14)6-8(7)5-9;11-8-5-1-3-7-4-2-6-9(10(7)8)15(12,13)14;11-8-4-5-9-7(6-8)2-1-3-10(9)12;11-8-5-4-7-2-1-3-10(12)9(7)6-8;7-5-1-3-6(4-2-5)11(8,9)10;5*1-2/h6-9,11H,10H2,1-5H3;4*3-6,8H,7H2,1-2H3,(H,12,13);2*1-6,11H,(H,12,13,14);2*1-6,11-12H;1-4,7H,(H,8,9,10);5*1-2H3. The lowest BCUT2D eigenvalue weighted by Gasteiger charge is -2.19. The van der Waals surface area contributed by atoms with Crippen LogP contribution in [-0.2, 0) is 59.1 Å². The molecule has 0 fully saturated rings. The normalized spacial score (nSPS) is 10.3. The quantitative estimate of drug-likeness (QED) is 0.0209. The van der Waals surface area contributed by atoms with Gasteiger partial charge in [0.15, 0.2) is 33.0 Å². The topological polar surface area (TPSA) is 526 Å². The van der Waals surface area contributed by atoms with Crippen LogP contribution in [0, 0.1) is 0 Å². The number of phenols is 7. The van der Waals surface area contributed by atoms with Gasteiger partial charge in [0.2, 0.25) is 0 Å². The van der Waals surface area contributed by atoms with Crippen LogP contribution >= 0.6 is 0 Å². The second-order valence-electron chi connectivity index (χ2n) is 32.8. The Morgan fingerprint density at radius 2 is 0.564 bits per heavy atom. The second-order valence-corrected chi connectivity index (χ2v) is 37.1. The average molecular weight is 2120 g/mol. The number of carboxylic acid groups (broad SMARTS) is 4. The molecule has 0 spiro atoms. The first-order chi connectivity index (χ1) is 70.2. The Balaban J connectivity index is 0.00000162. The summed E-state index contributed by atoms with van der Waals surface area (Å²) in [5.41, 5.74) is 5.57. The highest BCUT2D eigenvalue weighted by Gasteiger charge is 2.19. The van der Waals surface area contributed by atoms with Crippen LogP contribution in [0.2, 0.25) is 0 Å². The Bertz CT molecular complexity index is 6530. The van der Waals surface area contributed by atoms with Gasteiger partial charge in [-0.1, -0.05) is 266 Å². The van der Waals surface area contributed by atoms with Gasteiger partial charge in [-0.05, 0) is 269 Å². The molecule has 0 bridgehead atoms. The number of rotatable bonds is 23. The summed E-state index contributed by atoms with van der Waals surface area (Å²) in [6.45, 7) is 45.3. The molecule has 0 radical (unpaired) electrons. The van der Waals surface area contributed by atoms with E-state index in [2.05, 4.69) is 69.2 Å². The van der Waals surface area contributed by atoms with Gasteiger partial charge >= 0.3 is 29.8 Å². The van der Waals surface area contributed by atoms with Crippen LogP contribution in [0.4, 0.5) is 0 Å². The number of ether oxygens (including phenoxy) is 6. The lowest BCUT2D eigenvalue weighted by molar-refractivity contribution is -0.157. The maximum atomic E-state index is 11.5. The summed E-state index contributed by atoms with van der Waals surface area (Å²) >= 11 is 0. The summed E-state index contributed by atoms with van der Waals surface area (Å²) in [5.74, 6) is 1.89. The zero-order valence-corrected chi connectivity index (χ0v) is 91.0. The van der Waals surface area contributed by atoms with E-state index in [0.29, 0.717) is 74.5 Å². The van der Waals surface area contributed by atoms with Crippen LogP contribution in [0.25, 0.3) is 43.1 Å². The number of phenolic OH excluding ortho intramolecular Hbond substituents is 7. The summed E-state index contributed by atoms with van der Waals surface area (Å²) in [6.07, 6.45) is 0. The monoisotopic (exact) mass is 2120 g/mol. The summed E-state index contributed by atoms with van der Waals surface area (Å²) in [6, 6.07) is 80.4. The van der Waals surface area contributed by atoms with Crippen LogP contribution in [0.3, 0.4) is 0 Å². The molecular formula is C115H146O31S3. The Kier molecular flexibility index (Phi) is 62.7. The molecule has 0 unspecified atom stereocenters. The number of hydrogen-bond donors (Lipinski definition) is 14. The molecule has 0 aliphatic carbocycles. The highest BCUT2D eigenvalue weighted by atomic mass is 32.2. The predicted octanol–water partition coefficient (Wildman–Crippen LogP) is 26.5. The van der Waals surface area contributed by atoms with Crippen LogP contribution in [0.1, 0.15) is 217 Å². The minimum atomic E-state index is -4.31. The van der Waals surface area contributed by atoms with Crippen molar-refractivity contribution in [3.8, 4) is 69.0 Å². The number of carbonyl (C=O) groups is 5. The maximum Gasteiger partial charge on any atom is 0.344 e. The van der Waals surface area contributed by atoms with Crippen molar-refractivity contribution in [3.63, 3.8) is 0 Å². The predicted molar refractivity (Wildman–Crippen MR) is 587 cm³/mol. The number of fused-ring (bicyclic) bond motifs is 4. The Hall–Kier alpha value is -15.2. The molecule has 0 saturated carbocycles. The van der Waals surface area contributed by atoms with Crippen LogP contribution < -0.4 is 23.7 Å². The number of aliphatic carboxylic acids is 4. The fraction of sp³-hybridized carbons (Fsp3) is 0.296. The van der Waals surface area contributed by atoms with Crippen LogP contribution in [0.5, 0.6) is 69.0 Å². The van der Waals surface area contributed by atoms with Crippen molar-refractivity contribution in [2.45, 2.75) is 209 Å². The van der Waals surface area contributed by atoms with Crippen LogP contribution in [0.15, 0.2) is 306 Å². The van der Waals surface area contributed by atoms with E-state index in [9.17, 15) is 69.7 Å². The lowest BCUT2D eigenvalue weighted by atomic mass is 10.0. The molecule has 31 nitrogen and oxygen atoms in total. The van der Waals surface area contributed by atoms with E-state index in [1.54, 1.807) is 133 Å². The number of hydrogen-bond acceptors (Lipinski definition) is 24. The highest BCUT2D eigenvalue weighted by molar-refractivity contribution is 7.86. The summed E-state index contributed by atoms with van der Waals surface area (Å²) in [5, 5.41) is 103. The minimum absolute atomic E-state index is 0.0441. The van der Waals surface area contributed by atoms with Crippen molar-refractivity contribution in [3.05, 3.63) is 319 Å². The molecule has 0 aliphatic heterocycles. The van der Waals surface area contributed by atoms with E-state index in [1.165, 1.54) is 76.9 Å². The number of aromatic hydroxyl groups is 7. The van der Waals surface area contributed by atoms with E-state index in [0.717, 1.165) is 39.2 Å². The van der Waals surface area contributed by atoms with Gasteiger partial charge in [0.05, 0.1) is 9.79 Å². The number of esters is 1. The molecule has 810 valence electrons. The molecule has 14 aromatic carbocycles. The molecule has 0 atom stereocenters. The Morgan fingerprint density at radius 3 is 0.933 bits per heavy atom. The first-order valence-electron chi connectivity index (χ1n) is 47.9. The number of benzene rings is 14. The van der Waals surface area contributed by atoms with E-state index in [1.807, 2.05) is 181 Å². The molecular weight excluding hydrogens is 1970 g/mol. The van der Waals surface area contributed by atoms with E-state index >= 15 is 0 Å². The van der Waals surface area contributed by atoms with Crippen molar-refractivity contribution in [1.29, 1.82) is 0 Å². The van der Waals surface area contributed by atoms with Crippen molar-refractivity contribution in [1.82, 2.24) is 0 Å². The lowest BCUT2D eigenvalue weighted by Crippen LogP contribution is -2.27. The molecule has 0 aliphatic rings. The van der Waals surface area contributed by atoms with Crippen molar-refractivity contribution in [2.24, 2.45) is 0 Å². The average Bonchev–Trinajstić information content (AvgIpc) is 0.780. The van der Waals surface area contributed by atoms with Gasteiger partial charge < -0.3 is 84.6 Å². The van der Waals surface area contributed by atoms with Crippen molar-refractivity contribution in [2.75, 3.05) is 33.0 Å². The molecule has 149 heavy (non-hydrogen) atoms. The van der Waals surface area contributed by atoms with Crippen LogP contribution in [-0.4, -0.2) is 164 Å². The zero-order chi connectivity index (χ0) is 114. The van der Waals surface area contributed by atoms with Gasteiger partial charge in [0.1, 0.15) is 79.5 Å². The van der Waals surface area contributed by atoms with E-state index in [-0.39, 0.29) is 99.3 Å². The third kappa shape index (κ3) is 54.2. The molecule has 34 heteroatoms. The first-order valence-corrected chi connectivity index (χ1v) is 52.2. The molecule has 0 saturated heterocycles. The number of carboxylic acids is 4. The first kappa shape index (κ1) is 134. The third-order valence-corrected chi connectivity index (χ3v) is 21.6. The van der Waals surface area contributed by atoms with E-state index < -0.39 is 59.8 Å². The highest BCUT2D eigenvalue weighted by Crippen LogP contribution is 2.34. The number of carbonyl (C=O) groups excluding carboxylic acids is 1. The maximum absolute atomic E-state index is 11.5. The SMILES string of the molecule is CC.CC.CC.CC.CC.CC(C)c1ccc(OCC(=O)O)cc1.CC(C)c1ccc(OCC(=O)O)cc1.CC(C)c1ccc(OCC(=O)O)cc1.CC(C)c1ccc(OCC(=O)OC(C)(C)C)cc1.CC(C)c1cccc(OCC(=O)O)c1.O=S(=O)(O)c1ccc(O)cc1.O=S(=O)(O)c1ccc2ccc(O)cc2c1.O=S(=O)(O)c1cccc2cccc(O)c12.Oc1ccc2c(O)cccc2c1.Oc1ccc2cccc(O)c2c1. The Labute approximate surface area is 875 Å². The second kappa shape index (κ2) is 69.8. The van der Waals surface area contributed by atoms with Gasteiger partial charge in [-0.3, -0.25) is 13.7 Å². The summed E-state index contributed by atoms with van der Waals surface area (Å²) < 4.78 is 122. The molecule has 14 aromatic rings. The molecule has 14 rings (SSSR count). The Morgan fingerprint density at radius 1 is 0.262 bits per heavy atom. The largest absolute Gasteiger partial charge is 0.508 e. The van der Waals surface area contributed by atoms with Crippen molar-refractivity contribution < 1.29 is 147 Å². The molecule has 14 N–H and O–H groups in total. The smallest absolute Gasteiger partial charge is 0.344 e. The fourth-order valence-corrected chi connectivity index (χ4v) is 13.6.